The Bertz CT molecular complexity index is 986. The number of fused-ring (bicyclic) bond motifs is 1. The first-order chi connectivity index (χ1) is 13.4. The average molecular weight is 405 g/mol. The largest absolute Gasteiger partial charge is 0.493 e. The maximum absolute atomic E-state index is 12.6. The van der Waals surface area contributed by atoms with Gasteiger partial charge in [0.1, 0.15) is 0 Å². The van der Waals surface area contributed by atoms with Gasteiger partial charge in [0.25, 0.3) is 0 Å². The molecule has 2 aromatic carbocycles. The second-order valence-electron chi connectivity index (χ2n) is 6.64. The Morgan fingerprint density at radius 1 is 1.07 bits per heavy atom. The smallest absolute Gasteiger partial charge is 0.312 e. The van der Waals surface area contributed by atoms with Crippen LogP contribution in [0.25, 0.3) is 0 Å². The van der Waals surface area contributed by atoms with Gasteiger partial charge in [-0.15, -0.1) is 0 Å². The van der Waals surface area contributed by atoms with Crippen molar-refractivity contribution >= 4 is 16.0 Å². The van der Waals surface area contributed by atoms with Gasteiger partial charge < -0.3 is 14.6 Å². The maximum Gasteiger partial charge on any atom is 0.312 e. The number of hydrogen-bond acceptors (Lipinski definition) is 5. The van der Waals surface area contributed by atoms with E-state index in [1.165, 1.54) is 38.0 Å². The summed E-state index contributed by atoms with van der Waals surface area (Å²) in [6.07, 6.45) is 2.98. The van der Waals surface area contributed by atoms with Gasteiger partial charge in [0.05, 0.1) is 25.0 Å². The molecular weight excluding hydrogens is 382 g/mol. The molecule has 150 valence electrons. The molecule has 0 spiro atoms. The number of sulfonamides is 1. The van der Waals surface area contributed by atoms with Crippen LogP contribution in [0.2, 0.25) is 0 Å². The van der Waals surface area contributed by atoms with Gasteiger partial charge in [-0.3, -0.25) is 4.79 Å². The van der Waals surface area contributed by atoms with Gasteiger partial charge in [-0.2, -0.15) is 0 Å². The summed E-state index contributed by atoms with van der Waals surface area (Å²) >= 11 is 0. The van der Waals surface area contributed by atoms with E-state index in [9.17, 15) is 18.3 Å². The summed E-state index contributed by atoms with van der Waals surface area (Å²) in [5.41, 5.74) is 2.98. The summed E-state index contributed by atoms with van der Waals surface area (Å²) in [5.74, 6) is -1.37. The van der Waals surface area contributed by atoms with Crippen molar-refractivity contribution in [2.75, 3.05) is 20.8 Å². The molecule has 1 aliphatic rings. The van der Waals surface area contributed by atoms with E-state index in [1.54, 1.807) is 6.07 Å². The van der Waals surface area contributed by atoms with Gasteiger partial charge >= 0.3 is 5.97 Å². The first-order valence-electron chi connectivity index (χ1n) is 8.92. The number of carbonyl (C=O) groups is 1. The fourth-order valence-corrected chi connectivity index (χ4v) is 4.48. The average Bonchev–Trinajstić information content (AvgIpc) is 3.15. The third kappa shape index (κ3) is 4.13. The molecule has 0 aromatic heterocycles. The minimum atomic E-state index is -3.91. The second-order valence-corrected chi connectivity index (χ2v) is 8.41. The molecule has 0 amide bonds. The van der Waals surface area contributed by atoms with Crippen molar-refractivity contribution in [3.63, 3.8) is 0 Å². The van der Waals surface area contributed by atoms with Gasteiger partial charge in [0.2, 0.25) is 10.0 Å². The van der Waals surface area contributed by atoms with Gasteiger partial charge in [-0.1, -0.05) is 18.2 Å². The van der Waals surface area contributed by atoms with E-state index in [2.05, 4.69) is 4.72 Å². The molecule has 0 saturated heterocycles. The van der Waals surface area contributed by atoms with Crippen molar-refractivity contribution < 1.29 is 27.8 Å². The molecule has 0 aliphatic heterocycles. The van der Waals surface area contributed by atoms with Crippen LogP contribution in [0.3, 0.4) is 0 Å². The number of rotatable bonds is 8. The summed E-state index contributed by atoms with van der Waals surface area (Å²) < 4.78 is 37.9. The Kier molecular flexibility index (Phi) is 5.90. The number of aliphatic carboxylic acids is 1. The topological polar surface area (TPSA) is 102 Å². The number of carboxylic acid groups (broad SMARTS) is 1. The lowest BCUT2D eigenvalue weighted by Crippen LogP contribution is -2.31. The third-order valence-electron chi connectivity index (χ3n) is 4.97. The molecule has 1 atom stereocenters. The number of aryl methyl sites for hydroxylation is 2. The minimum Gasteiger partial charge on any atom is -0.493 e. The van der Waals surface area contributed by atoms with E-state index in [4.69, 9.17) is 9.47 Å². The molecule has 8 heteroatoms. The molecule has 0 heterocycles. The highest BCUT2D eigenvalue weighted by Crippen LogP contribution is 2.30. The Morgan fingerprint density at radius 2 is 1.79 bits per heavy atom. The summed E-state index contributed by atoms with van der Waals surface area (Å²) in [6.45, 7) is -0.245. The molecule has 1 unspecified atom stereocenters. The number of hydrogen-bond donors (Lipinski definition) is 2. The molecule has 0 fully saturated rings. The van der Waals surface area contributed by atoms with Crippen molar-refractivity contribution in [2.24, 2.45) is 0 Å². The van der Waals surface area contributed by atoms with Gasteiger partial charge in [-0.25, -0.2) is 13.1 Å². The molecule has 0 bridgehead atoms. The predicted octanol–water partition coefficient (Wildman–Crippen LogP) is 2.34. The Hall–Kier alpha value is -2.58. The molecule has 7 nitrogen and oxygen atoms in total. The van der Waals surface area contributed by atoms with Crippen LogP contribution >= 0.6 is 0 Å². The standard InChI is InChI=1S/C20H23NO6S/c1-26-18-9-8-16(11-19(18)27-2)28(24,25)21-12-17(20(22)23)15-7-6-13-4-3-5-14(13)10-15/h6-11,17,21H,3-5,12H2,1-2H3,(H,22,23). The lowest BCUT2D eigenvalue weighted by atomic mass is 9.96. The monoisotopic (exact) mass is 405 g/mol. The zero-order valence-corrected chi connectivity index (χ0v) is 16.6. The number of benzene rings is 2. The third-order valence-corrected chi connectivity index (χ3v) is 6.39. The summed E-state index contributed by atoms with van der Waals surface area (Å²) in [6, 6.07) is 9.81. The highest BCUT2D eigenvalue weighted by atomic mass is 32.2. The Labute approximate surface area is 164 Å². The predicted molar refractivity (Wildman–Crippen MR) is 104 cm³/mol. The highest BCUT2D eigenvalue weighted by molar-refractivity contribution is 7.89. The van der Waals surface area contributed by atoms with Crippen molar-refractivity contribution in [2.45, 2.75) is 30.1 Å². The van der Waals surface area contributed by atoms with Crippen LogP contribution in [0, 0.1) is 0 Å². The van der Waals surface area contributed by atoms with Gasteiger partial charge in [-0.05, 0) is 48.1 Å². The number of ether oxygens (including phenoxy) is 2. The van der Waals surface area contributed by atoms with Crippen molar-refractivity contribution in [3.8, 4) is 11.5 Å². The molecular formula is C20H23NO6S. The summed E-state index contributed by atoms with van der Waals surface area (Å²) in [7, 11) is -1.05. The summed E-state index contributed by atoms with van der Waals surface area (Å²) in [5, 5.41) is 9.62. The fraction of sp³-hybridized carbons (Fsp3) is 0.350. The van der Waals surface area contributed by atoms with Crippen molar-refractivity contribution in [1.82, 2.24) is 4.72 Å². The maximum atomic E-state index is 12.6. The van der Waals surface area contributed by atoms with Crippen LogP contribution in [-0.2, 0) is 27.7 Å². The normalized spacial score (nSPS) is 14.4. The molecule has 0 radical (unpaired) electrons. The zero-order valence-electron chi connectivity index (χ0n) is 15.8. The van der Waals surface area contributed by atoms with Crippen LogP contribution in [0.15, 0.2) is 41.3 Å². The molecule has 2 aromatic rings. The van der Waals surface area contributed by atoms with E-state index >= 15 is 0 Å². The van der Waals surface area contributed by atoms with Crippen LogP contribution in [-0.4, -0.2) is 40.3 Å². The van der Waals surface area contributed by atoms with Crippen molar-refractivity contribution in [1.29, 1.82) is 0 Å². The number of nitrogens with one attached hydrogen (secondary N) is 1. The van der Waals surface area contributed by atoms with Crippen LogP contribution in [0.5, 0.6) is 11.5 Å². The molecule has 0 saturated carbocycles. The SMILES string of the molecule is COc1ccc(S(=O)(=O)NCC(C(=O)O)c2ccc3c(c2)CCC3)cc1OC. The van der Waals surface area contributed by atoms with E-state index < -0.39 is 21.9 Å². The highest BCUT2D eigenvalue weighted by Gasteiger charge is 2.25. The molecule has 3 rings (SSSR count). The first-order valence-corrected chi connectivity index (χ1v) is 10.4. The fourth-order valence-electron chi connectivity index (χ4n) is 3.42. The Morgan fingerprint density at radius 3 is 2.46 bits per heavy atom. The lowest BCUT2D eigenvalue weighted by molar-refractivity contribution is -0.138. The second kappa shape index (κ2) is 8.20. The van der Waals surface area contributed by atoms with Gasteiger partial charge in [0.15, 0.2) is 11.5 Å². The van der Waals surface area contributed by atoms with E-state index in [1.807, 2.05) is 12.1 Å². The van der Waals surface area contributed by atoms with Crippen LogP contribution < -0.4 is 14.2 Å². The van der Waals surface area contributed by atoms with Crippen LogP contribution in [0.4, 0.5) is 0 Å². The van der Waals surface area contributed by atoms with Crippen LogP contribution in [0.1, 0.15) is 29.0 Å². The molecule has 1 aliphatic carbocycles. The van der Waals surface area contributed by atoms with E-state index in [0.29, 0.717) is 11.3 Å². The lowest BCUT2D eigenvalue weighted by Gasteiger charge is -2.16. The number of carboxylic acids is 1. The molecule has 28 heavy (non-hydrogen) atoms. The molecule has 2 N–H and O–H groups in total. The first kappa shape index (κ1) is 20.2. The Balaban J connectivity index is 1.80. The number of methoxy groups -OCH3 is 2. The summed E-state index contributed by atoms with van der Waals surface area (Å²) in [4.78, 5) is 11.7. The van der Waals surface area contributed by atoms with Crippen molar-refractivity contribution in [3.05, 3.63) is 53.1 Å². The van der Waals surface area contributed by atoms with E-state index in [0.717, 1.165) is 24.8 Å². The zero-order chi connectivity index (χ0) is 20.3. The minimum absolute atomic E-state index is 0.0248. The van der Waals surface area contributed by atoms with E-state index in [-0.39, 0.29) is 17.2 Å². The quantitative estimate of drug-likeness (QED) is 0.699. The van der Waals surface area contributed by atoms with Gasteiger partial charge in [0, 0.05) is 12.6 Å².